The van der Waals surface area contributed by atoms with E-state index in [4.69, 9.17) is 0 Å². The molecule has 0 N–H and O–H groups in total. The Labute approximate surface area is 137 Å². The third kappa shape index (κ3) is 2.29. The van der Waals surface area contributed by atoms with E-state index in [2.05, 4.69) is 29.8 Å². The van der Waals surface area contributed by atoms with Crippen LogP contribution in [0.2, 0.25) is 0 Å². The molecule has 0 spiro atoms. The third-order valence-electron chi connectivity index (χ3n) is 6.12. The predicted molar refractivity (Wildman–Crippen MR) is 92.8 cm³/mol. The minimum atomic E-state index is 0.474. The van der Waals surface area contributed by atoms with Gasteiger partial charge >= 0.3 is 0 Å². The van der Waals surface area contributed by atoms with E-state index in [-0.39, 0.29) is 0 Å². The molecule has 1 aromatic heterocycles. The van der Waals surface area contributed by atoms with Crippen LogP contribution in [0.3, 0.4) is 0 Å². The van der Waals surface area contributed by atoms with Gasteiger partial charge in [-0.1, -0.05) is 13.8 Å². The molecular weight excluding hydrogens is 284 g/mol. The van der Waals surface area contributed by atoms with Crippen molar-refractivity contribution in [3.63, 3.8) is 0 Å². The lowest BCUT2D eigenvalue weighted by atomic mass is 9.85. The quantitative estimate of drug-likeness (QED) is 0.800. The number of hydrogen-bond donors (Lipinski definition) is 0. The van der Waals surface area contributed by atoms with E-state index in [1.54, 1.807) is 0 Å². The Balaban J connectivity index is 1.73. The van der Waals surface area contributed by atoms with Crippen molar-refractivity contribution in [1.82, 2.24) is 9.88 Å². The summed E-state index contributed by atoms with van der Waals surface area (Å²) in [6.07, 6.45) is 6.79. The summed E-state index contributed by atoms with van der Waals surface area (Å²) in [5.74, 6) is 1.35. The fourth-order valence-corrected chi connectivity index (χ4v) is 5.00. The number of benzene rings is 1. The second-order valence-electron chi connectivity index (χ2n) is 7.15. The molecule has 2 aromatic rings. The first-order chi connectivity index (χ1) is 11.2. The van der Waals surface area contributed by atoms with Crippen LogP contribution in [-0.2, 0) is 0 Å². The van der Waals surface area contributed by atoms with Crippen molar-refractivity contribution in [2.75, 3.05) is 6.54 Å². The Morgan fingerprint density at radius 2 is 2.26 bits per heavy atom. The van der Waals surface area contributed by atoms with Crippen LogP contribution < -0.4 is 0 Å². The summed E-state index contributed by atoms with van der Waals surface area (Å²) in [7, 11) is 0. The maximum Gasteiger partial charge on any atom is 0.150 e. The zero-order valence-electron chi connectivity index (χ0n) is 13.9. The molecule has 120 valence electrons. The number of piperidine rings is 1. The van der Waals surface area contributed by atoms with Crippen molar-refractivity contribution in [2.45, 2.75) is 51.1 Å². The molecule has 2 unspecified atom stereocenters. The first-order valence-corrected chi connectivity index (χ1v) is 8.82. The monoisotopic (exact) mass is 308 g/mol. The molecule has 0 aliphatic carbocycles. The Kier molecular flexibility index (Phi) is 3.68. The topological polar surface area (TPSA) is 33.2 Å². The van der Waals surface area contributed by atoms with Crippen LogP contribution in [0.5, 0.6) is 0 Å². The molecule has 1 aromatic carbocycles. The van der Waals surface area contributed by atoms with Gasteiger partial charge in [0, 0.05) is 29.2 Å². The number of nitrogens with zero attached hydrogens (tertiary/aromatic N) is 2. The minimum Gasteiger partial charge on any atom is -0.298 e. The minimum absolute atomic E-state index is 0.474. The first kappa shape index (κ1) is 14.8. The molecule has 23 heavy (non-hydrogen) atoms. The number of pyridine rings is 1. The molecule has 2 aliphatic rings. The average molecular weight is 308 g/mol. The van der Waals surface area contributed by atoms with Crippen molar-refractivity contribution >= 4 is 17.2 Å². The van der Waals surface area contributed by atoms with E-state index in [0.29, 0.717) is 12.0 Å². The second-order valence-corrected chi connectivity index (χ2v) is 7.15. The van der Waals surface area contributed by atoms with Crippen LogP contribution in [-0.4, -0.2) is 34.8 Å². The number of aromatic nitrogens is 1. The molecule has 2 aliphatic heterocycles. The number of rotatable bonds is 4. The third-order valence-corrected chi connectivity index (χ3v) is 6.12. The summed E-state index contributed by atoms with van der Waals surface area (Å²) < 4.78 is 0. The standard InChI is InChI=1S/C20H24N2O/c1-3-19-15-7-9-22(19)20(11-15)13(2)16-6-8-21-18-5-4-14(12-23)10-17(16)18/h4-6,8,10,12-13,15,19-20H,3,7,9,11H2,1-2H3/t13-,15?,19+,20+/m0/s1. The molecule has 5 atom stereocenters. The molecule has 0 amide bonds. The second kappa shape index (κ2) is 5.72. The molecule has 2 fully saturated rings. The SMILES string of the molecule is CC[C@@H]1C2CCN1[C@@H]([C@@H](C)c1ccnc3ccc(C=O)cc13)C2. The summed E-state index contributed by atoms with van der Waals surface area (Å²) in [5, 5.41) is 1.14. The van der Waals surface area contributed by atoms with Gasteiger partial charge in [0.25, 0.3) is 0 Å². The normalized spacial score (nSPS) is 30.7. The van der Waals surface area contributed by atoms with Gasteiger partial charge in [0.1, 0.15) is 6.29 Å². The lowest BCUT2D eigenvalue weighted by Crippen LogP contribution is -2.37. The van der Waals surface area contributed by atoms with Crippen molar-refractivity contribution < 1.29 is 4.79 Å². The highest BCUT2D eigenvalue weighted by atomic mass is 16.1. The molecule has 3 heteroatoms. The number of carbonyl (C=O) groups is 1. The van der Waals surface area contributed by atoms with Gasteiger partial charge in [-0.3, -0.25) is 14.7 Å². The molecular formula is C20H24N2O. The Morgan fingerprint density at radius 3 is 3.00 bits per heavy atom. The molecule has 3 heterocycles. The number of fused-ring (bicyclic) bond motifs is 3. The van der Waals surface area contributed by atoms with E-state index in [1.807, 2.05) is 24.4 Å². The zero-order valence-corrected chi connectivity index (χ0v) is 13.9. The Hall–Kier alpha value is -1.74. The number of aldehydes is 1. The largest absolute Gasteiger partial charge is 0.298 e. The van der Waals surface area contributed by atoms with Gasteiger partial charge in [0.2, 0.25) is 0 Å². The number of carbonyl (C=O) groups excluding carboxylic acids is 1. The summed E-state index contributed by atoms with van der Waals surface area (Å²) in [5.41, 5.74) is 3.06. The fourth-order valence-electron chi connectivity index (χ4n) is 5.00. The van der Waals surface area contributed by atoms with Gasteiger partial charge in [-0.2, -0.15) is 0 Å². The fraction of sp³-hybridized carbons (Fsp3) is 0.500. The lowest BCUT2D eigenvalue weighted by Gasteiger charge is -2.32. The smallest absolute Gasteiger partial charge is 0.150 e. The first-order valence-electron chi connectivity index (χ1n) is 8.82. The van der Waals surface area contributed by atoms with E-state index >= 15 is 0 Å². The molecule has 4 rings (SSSR count). The van der Waals surface area contributed by atoms with Gasteiger partial charge in [-0.25, -0.2) is 0 Å². The van der Waals surface area contributed by atoms with Crippen molar-refractivity contribution in [3.05, 3.63) is 41.6 Å². The maximum absolute atomic E-state index is 11.1. The number of hydrogen-bond acceptors (Lipinski definition) is 3. The van der Waals surface area contributed by atoms with E-state index < -0.39 is 0 Å². The maximum atomic E-state index is 11.1. The summed E-state index contributed by atoms with van der Waals surface area (Å²) in [4.78, 5) is 18.4. The van der Waals surface area contributed by atoms with Gasteiger partial charge in [0.05, 0.1) is 5.52 Å². The van der Waals surface area contributed by atoms with Gasteiger partial charge in [0.15, 0.2) is 0 Å². The summed E-state index contributed by atoms with van der Waals surface area (Å²) in [6, 6.07) is 9.37. The highest BCUT2D eigenvalue weighted by molar-refractivity contribution is 5.89. The zero-order chi connectivity index (χ0) is 16.0. The molecule has 0 saturated carbocycles. The van der Waals surface area contributed by atoms with Crippen molar-refractivity contribution in [2.24, 2.45) is 5.92 Å². The van der Waals surface area contributed by atoms with Gasteiger partial charge < -0.3 is 0 Å². The van der Waals surface area contributed by atoms with Crippen LogP contribution in [0.25, 0.3) is 10.9 Å². The Morgan fingerprint density at radius 1 is 1.39 bits per heavy atom. The summed E-state index contributed by atoms with van der Waals surface area (Å²) >= 11 is 0. The predicted octanol–water partition coefficient (Wildman–Crippen LogP) is 4.02. The molecule has 0 radical (unpaired) electrons. The van der Waals surface area contributed by atoms with E-state index in [0.717, 1.165) is 34.7 Å². The van der Waals surface area contributed by atoms with Crippen LogP contribution in [0, 0.1) is 5.92 Å². The van der Waals surface area contributed by atoms with Crippen LogP contribution in [0.1, 0.15) is 54.9 Å². The molecule has 2 bridgehead atoms. The van der Waals surface area contributed by atoms with E-state index in [1.165, 1.54) is 31.4 Å². The average Bonchev–Trinajstić information content (AvgIpc) is 3.17. The van der Waals surface area contributed by atoms with Crippen LogP contribution >= 0.6 is 0 Å². The molecule has 2 saturated heterocycles. The highest BCUT2D eigenvalue weighted by Gasteiger charge is 2.46. The van der Waals surface area contributed by atoms with Crippen molar-refractivity contribution in [1.29, 1.82) is 0 Å². The van der Waals surface area contributed by atoms with Gasteiger partial charge in [-0.15, -0.1) is 0 Å². The summed E-state index contributed by atoms with van der Waals surface area (Å²) in [6.45, 7) is 5.92. The van der Waals surface area contributed by atoms with Crippen LogP contribution in [0.4, 0.5) is 0 Å². The van der Waals surface area contributed by atoms with E-state index in [9.17, 15) is 4.79 Å². The Bertz CT molecular complexity index is 741. The van der Waals surface area contributed by atoms with Gasteiger partial charge in [-0.05, 0) is 67.5 Å². The van der Waals surface area contributed by atoms with Crippen molar-refractivity contribution in [3.8, 4) is 0 Å². The highest BCUT2D eigenvalue weighted by Crippen LogP contribution is 2.45. The lowest BCUT2D eigenvalue weighted by molar-refractivity contribution is 0.112. The molecule has 3 nitrogen and oxygen atoms in total. The van der Waals surface area contributed by atoms with Crippen LogP contribution in [0.15, 0.2) is 30.5 Å².